The first kappa shape index (κ1) is 93.6. The Balaban J connectivity index is 0.000000205. The molecule has 1 unspecified atom stereocenters. The number of nitrogens with zero attached hydrogens (tertiary/aromatic N) is 15. The van der Waals surface area contributed by atoms with Gasteiger partial charge in [0.25, 0.3) is 0 Å². The van der Waals surface area contributed by atoms with Gasteiger partial charge in [0.1, 0.15) is 88.2 Å². The largest absolute Gasteiger partial charge is 0.451 e. The first-order valence-corrected chi connectivity index (χ1v) is 45.0. The quantitative estimate of drug-likeness (QED) is 0.0235. The van der Waals surface area contributed by atoms with Crippen molar-refractivity contribution in [2.75, 3.05) is 96.1 Å². The number of sulfonamides is 1. The molecule has 4 bridgehead atoms. The number of aryl methyl sites for hydroxylation is 4. The monoisotopic (exact) mass is 1680 g/mol. The second kappa shape index (κ2) is 43.0. The molecule has 0 fully saturated rings. The molecule has 0 aromatic carbocycles. The van der Waals surface area contributed by atoms with Gasteiger partial charge in [-0.1, -0.05) is 93.5 Å². The van der Waals surface area contributed by atoms with E-state index < -0.39 is 27.8 Å². The molecule has 16 N–H and O–H groups in total. The molecule has 12 heterocycles. The lowest BCUT2D eigenvalue weighted by molar-refractivity contribution is 0.141. The van der Waals surface area contributed by atoms with Gasteiger partial charge < -0.3 is 77.9 Å². The predicted molar refractivity (Wildman–Crippen MR) is 465 cm³/mol. The number of rotatable bonds is 21. The number of aromatic nitrogens is 15. The minimum atomic E-state index is -3.43. The SMILES string of the molecule is C#Cc1cc(Oc2cnc(NCC(CO)CO)nc2N)c(C(=C)C)cn1.CC(C)c1cnc2cc1Oc1cnc(nc1N)CCCOCCN2.Cc1ncc(Oc2cc(C#C[Si](C)(C)C)ncc2C(C)C)c(N)n1.Cc1ncc(Oc2cc(NS(C)(=O)=O)ncc2C(C)C)c(N)n1.Cc1ncc(Oc2cc(S(C)(=N)=O)ncc2C(C)C)c(N)n1. The number of aliphatic hydroxyl groups is 2. The number of fused-ring (bicyclic) bond motifs is 8. The number of anilines is 8. The van der Waals surface area contributed by atoms with Crippen molar-refractivity contribution in [3.63, 3.8) is 0 Å². The maximum absolute atomic E-state index is 11.9. The van der Waals surface area contributed by atoms with Gasteiger partial charge in [0.15, 0.2) is 57.8 Å². The van der Waals surface area contributed by atoms with Gasteiger partial charge in [-0.25, -0.2) is 87.2 Å². The predicted octanol–water partition coefficient (Wildman–Crippen LogP) is 12.7. The average Bonchev–Trinajstić information content (AvgIpc) is 0.889. The number of aliphatic hydroxyl groups excluding tert-OH is 2. The number of nitrogens with two attached hydrogens (primary N) is 5. The van der Waals surface area contributed by atoms with E-state index in [1.807, 2.05) is 59.1 Å². The van der Waals surface area contributed by atoms with E-state index >= 15 is 0 Å². The number of terminal acetylenes is 1. The van der Waals surface area contributed by atoms with E-state index in [4.69, 9.17) is 78.5 Å². The normalized spacial score (nSPS) is 12.4. The number of nitrogens with one attached hydrogen (secondary N) is 4. The van der Waals surface area contributed by atoms with Crippen molar-refractivity contribution < 1.29 is 51.3 Å². The van der Waals surface area contributed by atoms with Gasteiger partial charge in [-0.2, -0.15) is 4.98 Å². The van der Waals surface area contributed by atoms with Gasteiger partial charge in [-0.15, -0.1) is 12.0 Å². The van der Waals surface area contributed by atoms with Gasteiger partial charge in [0, 0.05) is 141 Å². The molecule has 0 radical (unpaired) electrons. The molecule has 1 atom stereocenters. The third-order valence-electron chi connectivity index (χ3n) is 16.5. The van der Waals surface area contributed by atoms with Crippen LogP contribution < -0.4 is 67.7 Å². The number of pyridine rings is 5. The molecule has 119 heavy (non-hydrogen) atoms. The Morgan fingerprint density at radius 1 is 0.580 bits per heavy atom. The summed E-state index contributed by atoms with van der Waals surface area (Å²) in [6, 6.07) is 8.38. The van der Waals surface area contributed by atoms with E-state index in [9.17, 15) is 12.6 Å². The van der Waals surface area contributed by atoms with Gasteiger partial charge in [-0.05, 0) is 63.4 Å². The molecule has 0 amide bonds. The molecule has 10 aromatic heterocycles. The topological polar surface area (TPSA) is 530 Å². The van der Waals surface area contributed by atoms with E-state index in [0.717, 1.165) is 52.7 Å². The van der Waals surface area contributed by atoms with E-state index in [2.05, 4.69) is 161 Å². The van der Waals surface area contributed by atoms with E-state index in [1.54, 1.807) is 57.8 Å². The maximum Gasteiger partial charge on any atom is 0.230 e. The Labute approximate surface area is 696 Å². The third kappa shape index (κ3) is 29.5. The van der Waals surface area contributed by atoms with Crippen LogP contribution in [0.1, 0.15) is 155 Å². The average molecular weight is 1680 g/mol. The van der Waals surface area contributed by atoms with Crippen molar-refractivity contribution in [3.8, 4) is 81.3 Å². The first-order valence-electron chi connectivity index (χ1n) is 37.7. The fourth-order valence-corrected chi connectivity index (χ4v) is 11.8. The second-order valence-corrected chi connectivity index (χ2v) is 38.1. The van der Waals surface area contributed by atoms with Crippen molar-refractivity contribution in [3.05, 3.63) is 161 Å². The summed E-state index contributed by atoms with van der Waals surface area (Å²) >= 11 is 0. The molecule has 0 saturated carbocycles. The van der Waals surface area contributed by atoms with Crippen LogP contribution in [0.2, 0.25) is 19.6 Å². The molecule has 0 saturated heterocycles. The first-order chi connectivity index (χ1) is 56.1. The fraction of sp³-hybridized carbons (Fsp3) is 0.370. The lowest BCUT2D eigenvalue weighted by atomic mass is 10.0. The highest BCUT2D eigenvalue weighted by atomic mass is 32.2. The Morgan fingerprint density at radius 2 is 1.07 bits per heavy atom. The van der Waals surface area contributed by atoms with Crippen LogP contribution >= 0.6 is 0 Å². The van der Waals surface area contributed by atoms with Crippen LogP contribution in [-0.2, 0) is 30.9 Å². The lowest BCUT2D eigenvalue weighted by Crippen LogP contribution is -2.22. The Kier molecular flexibility index (Phi) is 33.8. The van der Waals surface area contributed by atoms with E-state index in [0.29, 0.717) is 130 Å². The van der Waals surface area contributed by atoms with E-state index in [1.165, 1.54) is 37.0 Å². The summed E-state index contributed by atoms with van der Waals surface area (Å²) in [5, 5.41) is 24.4. The van der Waals surface area contributed by atoms with Gasteiger partial charge in [0.2, 0.25) is 16.0 Å². The zero-order valence-electron chi connectivity index (χ0n) is 70.0. The molecule has 632 valence electrons. The van der Waals surface area contributed by atoms with Crippen LogP contribution in [0.15, 0.2) is 104 Å². The highest BCUT2D eigenvalue weighted by Gasteiger charge is 2.22. The van der Waals surface area contributed by atoms with Gasteiger partial charge in [0.05, 0.1) is 53.6 Å². The summed E-state index contributed by atoms with van der Waals surface area (Å²) in [5.74, 6) is 15.4. The van der Waals surface area contributed by atoms with Gasteiger partial charge >= 0.3 is 0 Å². The molecular formula is C81H106N24O11S2Si. The minimum Gasteiger partial charge on any atom is -0.451 e. The Hall–Kier alpha value is -12.6. The summed E-state index contributed by atoms with van der Waals surface area (Å²) in [7, 11) is -7.83. The van der Waals surface area contributed by atoms with Crippen LogP contribution in [0, 0.1) is 55.3 Å². The van der Waals surface area contributed by atoms with Crippen molar-refractivity contribution in [1.82, 2.24) is 74.8 Å². The lowest BCUT2D eigenvalue weighted by Gasteiger charge is -2.16. The van der Waals surface area contributed by atoms with Crippen LogP contribution in [0.3, 0.4) is 0 Å². The highest BCUT2D eigenvalue weighted by Crippen LogP contribution is 2.39. The summed E-state index contributed by atoms with van der Waals surface area (Å²) < 4.78 is 79.5. The van der Waals surface area contributed by atoms with Crippen molar-refractivity contribution in [1.29, 1.82) is 4.78 Å². The molecule has 10 aromatic rings. The Bertz CT molecular complexity index is 5530. The highest BCUT2D eigenvalue weighted by molar-refractivity contribution is 7.92. The third-order valence-corrected chi connectivity index (χ3v) is 19.0. The molecule has 0 aliphatic carbocycles. The number of allylic oxidation sites excluding steroid dienone is 1. The molecular weight excluding hydrogens is 1580 g/mol. The summed E-state index contributed by atoms with van der Waals surface area (Å²) in [4.78, 5) is 62.6. The van der Waals surface area contributed by atoms with Crippen LogP contribution in [0.5, 0.6) is 57.5 Å². The van der Waals surface area contributed by atoms with E-state index in [-0.39, 0.29) is 82.8 Å². The smallest absolute Gasteiger partial charge is 0.230 e. The Morgan fingerprint density at radius 3 is 1.55 bits per heavy atom. The molecule has 12 rings (SSSR count). The number of hydrogen-bond acceptors (Lipinski definition) is 34. The van der Waals surface area contributed by atoms with Crippen molar-refractivity contribution in [2.24, 2.45) is 5.92 Å². The van der Waals surface area contributed by atoms with Gasteiger partial charge in [-0.3, -0.25) is 4.72 Å². The second-order valence-electron chi connectivity index (χ2n) is 29.5. The van der Waals surface area contributed by atoms with Crippen molar-refractivity contribution >= 4 is 80.1 Å². The summed E-state index contributed by atoms with van der Waals surface area (Å²) in [5.41, 5.74) is 39.1. The molecule has 35 nitrogen and oxygen atoms in total. The molecule has 2 aliphatic heterocycles. The zero-order chi connectivity index (χ0) is 87.6. The van der Waals surface area contributed by atoms with Crippen molar-refractivity contribution in [2.45, 2.75) is 144 Å². The van der Waals surface area contributed by atoms with Crippen LogP contribution in [-0.4, -0.2) is 158 Å². The number of hydrogen-bond donors (Lipinski definition) is 11. The van der Waals surface area contributed by atoms with Crippen LogP contribution in [0.25, 0.3) is 5.57 Å². The zero-order valence-corrected chi connectivity index (χ0v) is 72.6. The minimum absolute atomic E-state index is 0.123. The standard InChI is InChI=1S/C18H21N5O3.C18H24N4OSi.C17H23N5O2.C14H19N5O3S.C14H19N5O2S/c1-4-13-5-15(14(7-20-13)11(2)3)26-16-8-22-18(23-17(16)19)21-6-12(9-24)10-25;1-12(2)15-10-21-14(7-8-24(4,5)6)9-16(15)23-17-11-20-13(3)22-18(17)19;1-11(2)12-9-20-16-8-13(12)24-14-10-21-15(22-17(14)18)4-3-6-23-7-5-19-16;1-8(2)10-6-17-13(19-23(4,20)21)5-11(10)22-12-7-16-9(3)18-14(12)15;1-8(2)10-6-18-13(22(4,16)20)5-11(10)21-12-7-17-9(3)19-14(12)15/h1,5,7-8,12,24-25H,2,6,9-10H2,3H3,(H3,19,21,22,23);9-12H,1-6H3,(H2,19,20,22);8-11H,3-7H2,1-2H3,(H,19,20)(H2,18,21,22);5-8H,1-4H3,(H,17,19)(H2,15,16,18);5-8,16H,1-4H3,(H2,15,17,19). The summed E-state index contributed by atoms with van der Waals surface area (Å²) in [6.07, 6.45) is 25.3. The fourth-order valence-electron chi connectivity index (χ4n) is 10.2. The summed E-state index contributed by atoms with van der Waals surface area (Å²) in [6.45, 7) is 35.8. The molecule has 38 heteroatoms. The number of ether oxygens (including phenoxy) is 6. The van der Waals surface area contributed by atoms with Crippen LogP contribution in [0.4, 0.5) is 46.7 Å². The molecule has 0 spiro atoms. The molecule has 2 aliphatic rings. The maximum atomic E-state index is 11.9. The number of nitrogen functional groups attached to an aromatic ring is 5.